The normalized spacial score (nSPS) is 19.4. The second kappa shape index (κ2) is 6.52. The fourth-order valence-electron chi connectivity index (χ4n) is 2.35. The van der Waals surface area contributed by atoms with Gasteiger partial charge >= 0.3 is 0 Å². The monoisotopic (exact) mass is 211 g/mol. The minimum absolute atomic E-state index is 0.533. The Balaban J connectivity index is 1.92. The maximum atomic E-state index is 2.65. The molecule has 1 heterocycles. The van der Waals surface area contributed by atoms with Crippen LogP contribution in [0, 0.1) is 5.41 Å². The van der Waals surface area contributed by atoms with Crippen molar-refractivity contribution in [3.63, 3.8) is 0 Å². The van der Waals surface area contributed by atoms with Crippen molar-refractivity contribution >= 4 is 0 Å². The molecule has 0 aromatic rings. The van der Waals surface area contributed by atoms with Crippen LogP contribution in [0.15, 0.2) is 0 Å². The van der Waals surface area contributed by atoms with E-state index in [9.17, 15) is 0 Å². The van der Waals surface area contributed by atoms with E-state index in [0.29, 0.717) is 5.41 Å². The van der Waals surface area contributed by atoms with Gasteiger partial charge < -0.3 is 4.90 Å². The minimum Gasteiger partial charge on any atom is -0.303 e. The third kappa shape index (κ3) is 6.94. The lowest BCUT2D eigenvalue weighted by atomic mass is 9.89. The molecular formula is C14H29N. The molecule has 0 bridgehead atoms. The van der Waals surface area contributed by atoms with Gasteiger partial charge in [-0.15, -0.1) is 0 Å². The Morgan fingerprint density at radius 1 is 0.867 bits per heavy atom. The third-order valence-electron chi connectivity index (χ3n) is 3.35. The molecule has 1 fully saturated rings. The fourth-order valence-corrected chi connectivity index (χ4v) is 2.35. The lowest BCUT2D eigenvalue weighted by Gasteiger charge is -2.26. The zero-order chi connectivity index (χ0) is 11.1. The van der Waals surface area contributed by atoms with Crippen molar-refractivity contribution in [2.24, 2.45) is 5.41 Å². The van der Waals surface area contributed by atoms with E-state index in [2.05, 4.69) is 25.7 Å². The predicted octanol–water partition coefficient (Wildman–Crippen LogP) is 4.08. The average Bonchev–Trinajstić information content (AvgIpc) is 2.17. The molecule has 0 aromatic carbocycles. The van der Waals surface area contributed by atoms with Crippen molar-refractivity contribution in [1.82, 2.24) is 4.90 Å². The van der Waals surface area contributed by atoms with E-state index in [1.165, 1.54) is 64.6 Å². The summed E-state index contributed by atoms with van der Waals surface area (Å²) in [6.07, 6.45) is 9.96. The van der Waals surface area contributed by atoms with Gasteiger partial charge in [-0.1, -0.05) is 40.0 Å². The van der Waals surface area contributed by atoms with Crippen LogP contribution in [-0.2, 0) is 0 Å². The summed E-state index contributed by atoms with van der Waals surface area (Å²) in [6.45, 7) is 11.1. The van der Waals surface area contributed by atoms with Gasteiger partial charge in [-0.05, 0) is 50.7 Å². The number of nitrogens with zero attached hydrogens (tertiary/aromatic N) is 1. The van der Waals surface area contributed by atoms with E-state index in [-0.39, 0.29) is 0 Å². The molecule has 0 atom stereocenters. The highest BCUT2D eigenvalue weighted by Gasteiger charge is 2.11. The first-order chi connectivity index (χ1) is 7.08. The highest BCUT2D eigenvalue weighted by atomic mass is 15.1. The summed E-state index contributed by atoms with van der Waals surface area (Å²) in [6, 6.07) is 0. The smallest absolute Gasteiger partial charge is 0.00187 e. The Morgan fingerprint density at radius 2 is 1.53 bits per heavy atom. The van der Waals surface area contributed by atoms with Crippen LogP contribution in [-0.4, -0.2) is 24.5 Å². The summed E-state index contributed by atoms with van der Waals surface area (Å²) in [5, 5.41) is 0. The zero-order valence-corrected chi connectivity index (χ0v) is 11.0. The second-order valence-electron chi connectivity index (χ2n) is 6.27. The van der Waals surface area contributed by atoms with Crippen molar-refractivity contribution in [2.45, 2.75) is 65.7 Å². The highest BCUT2D eigenvalue weighted by molar-refractivity contribution is 4.65. The number of likely N-dealkylation sites (tertiary alicyclic amines) is 1. The number of hydrogen-bond acceptors (Lipinski definition) is 1. The van der Waals surface area contributed by atoms with E-state index in [4.69, 9.17) is 0 Å². The van der Waals surface area contributed by atoms with Gasteiger partial charge in [0.2, 0.25) is 0 Å². The van der Waals surface area contributed by atoms with Crippen molar-refractivity contribution in [1.29, 1.82) is 0 Å². The zero-order valence-electron chi connectivity index (χ0n) is 11.0. The summed E-state index contributed by atoms with van der Waals surface area (Å²) in [5.74, 6) is 0. The molecule has 1 aliphatic rings. The van der Waals surface area contributed by atoms with Crippen molar-refractivity contribution in [3.8, 4) is 0 Å². The first-order valence-corrected chi connectivity index (χ1v) is 6.80. The number of hydrogen-bond donors (Lipinski definition) is 0. The Bertz CT molecular complexity index is 151. The van der Waals surface area contributed by atoms with Crippen molar-refractivity contribution < 1.29 is 0 Å². The van der Waals surface area contributed by atoms with Crippen LogP contribution in [0.3, 0.4) is 0 Å². The highest BCUT2D eigenvalue weighted by Crippen LogP contribution is 2.22. The lowest BCUT2D eigenvalue weighted by molar-refractivity contribution is 0.222. The van der Waals surface area contributed by atoms with Gasteiger partial charge in [0, 0.05) is 0 Å². The number of unbranched alkanes of at least 4 members (excludes halogenated alkanes) is 2. The van der Waals surface area contributed by atoms with Gasteiger partial charge in [-0.25, -0.2) is 0 Å². The molecule has 1 aliphatic heterocycles. The summed E-state index contributed by atoms with van der Waals surface area (Å²) in [7, 11) is 0. The van der Waals surface area contributed by atoms with Crippen LogP contribution in [0.2, 0.25) is 0 Å². The number of piperidine rings is 1. The van der Waals surface area contributed by atoms with Crippen LogP contribution in [0.4, 0.5) is 0 Å². The Morgan fingerprint density at radius 3 is 2.13 bits per heavy atom. The molecule has 1 nitrogen and oxygen atoms in total. The molecule has 0 aliphatic carbocycles. The molecule has 0 amide bonds. The summed E-state index contributed by atoms with van der Waals surface area (Å²) in [5.41, 5.74) is 0.533. The Labute approximate surface area is 96.2 Å². The molecule has 0 saturated carbocycles. The molecule has 0 N–H and O–H groups in total. The molecule has 90 valence electrons. The first-order valence-electron chi connectivity index (χ1n) is 6.80. The molecular weight excluding hydrogens is 182 g/mol. The fraction of sp³-hybridized carbons (Fsp3) is 1.00. The molecule has 0 unspecified atom stereocenters. The summed E-state index contributed by atoms with van der Waals surface area (Å²) < 4.78 is 0. The van der Waals surface area contributed by atoms with Gasteiger partial charge in [0.25, 0.3) is 0 Å². The van der Waals surface area contributed by atoms with Crippen LogP contribution < -0.4 is 0 Å². The summed E-state index contributed by atoms with van der Waals surface area (Å²) in [4.78, 5) is 2.65. The van der Waals surface area contributed by atoms with Crippen molar-refractivity contribution in [2.75, 3.05) is 19.6 Å². The van der Waals surface area contributed by atoms with E-state index < -0.39 is 0 Å². The number of rotatable bonds is 5. The molecule has 0 aromatic heterocycles. The van der Waals surface area contributed by atoms with Gasteiger partial charge in [0.15, 0.2) is 0 Å². The van der Waals surface area contributed by atoms with E-state index in [1.54, 1.807) is 0 Å². The Hall–Kier alpha value is -0.0400. The average molecular weight is 211 g/mol. The largest absolute Gasteiger partial charge is 0.303 e. The maximum absolute atomic E-state index is 2.65. The quantitative estimate of drug-likeness (QED) is 0.619. The second-order valence-corrected chi connectivity index (χ2v) is 6.27. The van der Waals surface area contributed by atoms with E-state index in [0.717, 1.165) is 0 Å². The molecule has 1 rings (SSSR count). The van der Waals surface area contributed by atoms with E-state index in [1.807, 2.05) is 0 Å². The topological polar surface area (TPSA) is 3.24 Å². The van der Waals surface area contributed by atoms with Crippen molar-refractivity contribution in [3.05, 3.63) is 0 Å². The van der Waals surface area contributed by atoms with Crippen LogP contribution >= 0.6 is 0 Å². The summed E-state index contributed by atoms with van der Waals surface area (Å²) >= 11 is 0. The SMILES string of the molecule is CC(C)(C)CCCCCN1CCCCC1. The van der Waals surface area contributed by atoms with Gasteiger partial charge in [0.1, 0.15) is 0 Å². The van der Waals surface area contributed by atoms with Gasteiger partial charge in [0.05, 0.1) is 0 Å². The van der Waals surface area contributed by atoms with Crippen LogP contribution in [0.5, 0.6) is 0 Å². The standard InChI is InChI=1S/C14H29N/c1-14(2,3)10-6-4-7-11-15-12-8-5-9-13-15/h4-13H2,1-3H3. The maximum Gasteiger partial charge on any atom is -0.00187 e. The Kier molecular flexibility index (Phi) is 5.66. The van der Waals surface area contributed by atoms with Crippen LogP contribution in [0.1, 0.15) is 65.7 Å². The minimum atomic E-state index is 0.533. The molecule has 1 saturated heterocycles. The van der Waals surface area contributed by atoms with E-state index >= 15 is 0 Å². The van der Waals surface area contributed by atoms with Crippen LogP contribution in [0.25, 0.3) is 0 Å². The molecule has 0 spiro atoms. The molecule has 0 radical (unpaired) electrons. The van der Waals surface area contributed by atoms with Gasteiger partial charge in [-0.2, -0.15) is 0 Å². The lowest BCUT2D eigenvalue weighted by Crippen LogP contribution is -2.30. The first kappa shape index (κ1) is 13.0. The third-order valence-corrected chi connectivity index (χ3v) is 3.35. The molecule has 15 heavy (non-hydrogen) atoms. The molecule has 1 heteroatoms. The van der Waals surface area contributed by atoms with Gasteiger partial charge in [-0.3, -0.25) is 0 Å². The predicted molar refractivity (Wildman–Crippen MR) is 68.2 cm³/mol.